The number of aromatic nitrogens is 3. The monoisotopic (exact) mass is 343 g/mol. The molecular formula is C17H14ClN3OS. The van der Waals surface area contributed by atoms with Gasteiger partial charge in [0.1, 0.15) is 5.15 Å². The standard InChI is InChI=1S/C17H14ClN3OS/c1-11-14(8-9-15(22)16-12(2)19-10-23-16)17(18)21(20-11)13-6-4-3-5-7-13/h3-10H,1-2H3/b9-8+. The van der Waals surface area contributed by atoms with Crippen LogP contribution in [0.15, 0.2) is 41.9 Å². The maximum atomic E-state index is 12.2. The molecule has 3 rings (SSSR count). The predicted octanol–water partition coefficient (Wildman–Crippen LogP) is 4.50. The third kappa shape index (κ3) is 3.11. The molecule has 0 saturated carbocycles. The molecule has 0 N–H and O–H groups in total. The largest absolute Gasteiger partial charge is 0.288 e. The summed E-state index contributed by atoms with van der Waals surface area (Å²) in [7, 11) is 0. The number of thiazole rings is 1. The third-order valence-corrected chi connectivity index (χ3v) is 4.73. The van der Waals surface area contributed by atoms with Crippen LogP contribution >= 0.6 is 22.9 Å². The molecule has 0 aliphatic rings. The first-order chi connectivity index (χ1) is 11.1. The van der Waals surface area contributed by atoms with Crippen molar-refractivity contribution in [2.45, 2.75) is 13.8 Å². The highest BCUT2D eigenvalue weighted by Crippen LogP contribution is 2.25. The van der Waals surface area contributed by atoms with Crippen molar-refractivity contribution < 1.29 is 4.79 Å². The van der Waals surface area contributed by atoms with Gasteiger partial charge in [-0.05, 0) is 38.1 Å². The summed E-state index contributed by atoms with van der Waals surface area (Å²) >= 11 is 7.77. The number of aryl methyl sites for hydroxylation is 2. The van der Waals surface area contributed by atoms with Gasteiger partial charge >= 0.3 is 0 Å². The lowest BCUT2D eigenvalue weighted by Gasteiger charge is -2.01. The van der Waals surface area contributed by atoms with Crippen LogP contribution in [0.1, 0.15) is 26.6 Å². The van der Waals surface area contributed by atoms with E-state index in [1.54, 1.807) is 16.3 Å². The van der Waals surface area contributed by atoms with Crippen molar-refractivity contribution in [1.29, 1.82) is 0 Å². The van der Waals surface area contributed by atoms with Crippen LogP contribution in [0.25, 0.3) is 11.8 Å². The molecule has 0 fully saturated rings. The molecule has 2 aromatic heterocycles. The van der Waals surface area contributed by atoms with Crippen LogP contribution in [0.3, 0.4) is 0 Å². The van der Waals surface area contributed by atoms with E-state index in [0.717, 1.165) is 22.6 Å². The van der Waals surface area contributed by atoms with Gasteiger partial charge in [0.15, 0.2) is 5.78 Å². The first kappa shape index (κ1) is 15.6. The van der Waals surface area contributed by atoms with Crippen LogP contribution in [0.2, 0.25) is 5.15 Å². The van der Waals surface area contributed by atoms with E-state index in [0.29, 0.717) is 10.0 Å². The number of halogens is 1. The highest BCUT2D eigenvalue weighted by Gasteiger charge is 2.14. The molecule has 3 aromatic rings. The van der Waals surface area contributed by atoms with Gasteiger partial charge in [0, 0.05) is 5.56 Å². The summed E-state index contributed by atoms with van der Waals surface area (Å²) in [4.78, 5) is 16.9. The van der Waals surface area contributed by atoms with Crippen molar-refractivity contribution in [3.63, 3.8) is 0 Å². The molecule has 6 heteroatoms. The fourth-order valence-electron chi connectivity index (χ4n) is 2.21. The summed E-state index contributed by atoms with van der Waals surface area (Å²) in [6.07, 6.45) is 3.23. The smallest absolute Gasteiger partial charge is 0.197 e. The number of rotatable bonds is 4. The zero-order chi connectivity index (χ0) is 16.4. The minimum atomic E-state index is -0.0760. The number of allylic oxidation sites excluding steroid dienone is 1. The van der Waals surface area contributed by atoms with E-state index >= 15 is 0 Å². The molecule has 0 bridgehead atoms. The summed E-state index contributed by atoms with van der Waals surface area (Å²) in [5.74, 6) is -0.0760. The van der Waals surface area contributed by atoms with Gasteiger partial charge in [0.25, 0.3) is 0 Å². The number of ketones is 1. The Morgan fingerprint density at radius 3 is 2.61 bits per heavy atom. The van der Waals surface area contributed by atoms with E-state index in [1.807, 2.05) is 44.2 Å². The highest BCUT2D eigenvalue weighted by atomic mass is 35.5. The summed E-state index contributed by atoms with van der Waals surface area (Å²) in [6, 6.07) is 9.64. The number of hydrogen-bond acceptors (Lipinski definition) is 4. The number of para-hydroxylation sites is 1. The van der Waals surface area contributed by atoms with Crippen molar-refractivity contribution in [2.24, 2.45) is 0 Å². The van der Waals surface area contributed by atoms with Gasteiger partial charge < -0.3 is 0 Å². The van der Waals surface area contributed by atoms with Gasteiger partial charge in [0.05, 0.1) is 27.5 Å². The summed E-state index contributed by atoms with van der Waals surface area (Å²) in [5, 5.41) is 4.94. The van der Waals surface area contributed by atoms with Crippen LogP contribution in [-0.4, -0.2) is 20.5 Å². The lowest BCUT2D eigenvalue weighted by Crippen LogP contribution is -1.95. The van der Waals surface area contributed by atoms with E-state index in [4.69, 9.17) is 11.6 Å². The predicted molar refractivity (Wildman–Crippen MR) is 93.5 cm³/mol. The fraction of sp³-hybridized carbons (Fsp3) is 0.118. The fourth-order valence-corrected chi connectivity index (χ4v) is 3.27. The zero-order valence-electron chi connectivity index (χ0n) is 12.7. The number of carbonyl (C=O) groups is 1. The molecule has 0 spiro atoms. The number of benzene rings is 1. The van der Waals surface area contributed by atoms with E-state index in [-0.39, 0.29) is 5.78 Å². The highest BCUT2D eigenvalue weighted by molar-refractivity contribution is 7.12. The van der Waals surface area contributed by atoms with Gasteiger partial charge in [0.2, 0.25) is 0 Å². The molecule has 23 heavy (non-hydrogen) atoms. The topological polar surface area (TPSA) is 47.8 Å². The minimum absolute atomic E-state index is 0.0760. The van der Waals surface area contributed by atoms with E-state index in [1.165, 1.54) is 17.4 Å². The maximum absolute atomic E-state index is 12.2. The molecule has 4 nitrogen and oxygen atoms in total. The second kappa shape index (κ2) is 6.48. The van der Waals surface area contributed by atoms with Crippen molar-refractivity contribution in [3.8, 4) is 5.69 Å². The SMILES string of the molecule is Cc1ncsc1C(=O)/C=C/c1c(C)nn(-c2ccccc2)c1Cl. The van der Waals surface area contributed by atoms with Crippen LogP contribution in [0.4, 0.5) is 0 Å². The minimum Gasteiger partial charge on any atom is -0.288 e. The summed E-state index contributed by atoms with van der Waals surface area (Å²) in [5.41, 5.74) is 4.80. The maximum Gasteiger partial charge on any atom is 0.197 e. The molecule has 0 aliphatic carbocycles. The van der Waals surface area contributed by atoms with Gasteiger partial charge in [-0.15, -0.1) is 11.3 Å². The van der Waals surface area contributed by atoms with Crippen LogP contribution < -0.4 is 0 Å². The van der Waals surface area contributed by atoms with Crippen LogP contribution in [-0.2, 0) is 0 Å². The second-order valence-corrected chi connectivity index (χ2v) is 6.21. The number of nitrogens with zero attached hydrogens (tertiary/aromatic N) is 3. The van der Waals surface area contributed by atoms with Crippen molar-refractivity contribution >= 4 is 34.8 Å². The molecule has 0 aliphatic heterocycles. The van der Waals surface area contributed by atoms with Crippen molar-refractivity contribution in [1.82, 2.24) is 14.8 Å². The molecule has 0 unspecified atom stereocenters. The Labute approximate surface area is 143 Å². The third-order valence-electron chi connectivity index (χ3n) is 3.42. The van der Waals surface area contributed by atoms with Crippen molar-refractivity contribution in [3.05, 3.63) is 68.9 Å². The summed E-state index contributed by atoms with van der Waals surface area (Å²) < 4.78 is 1.67. The van der Waals surface area contributed by atoms with E-state index < -0.39 is 0 Å². The number of hydrogen-bond donors (Lipinski definition) is 0. The first-order valence-electron chi connectivity index (χ1n) is 7.01. The summed E-state index contributed by atoms with van der Waals surface area (Å²) in [6.45, 7) is 3.69. The van der Waals surface area contributed by atoms with Crippen LogP contribution in [0, 0.1) is 13.8 Å². The Balaban J connectivity index is 1.92. The Morgan fingerprint density at radius 2 is 1.96 bits per heavy atom. The van der Waals surface area contributed by atoms with Gasteiger partial charge in [-0.2, -0.15) is 5.10 Å². The molecule has 116 valence electrons. The lowest BCUT2D eigenvalue weighted by molar-refractivity contribution is 0.105. The zero-order valence-corrected chi connectivity index (χ0v) is 14.2. The molecule has 0 atom stereocenters. The molecule has 1 aromatic carbocycles. The van der Waals surface area contributed by atoms with Gasteiger partial charge in [-0.25, -0.2) is 9.67 Å². The molecule has 0 amide bonds. The first-order valence-corrected chi connectivity index (χ1v) is 8.26. The quantitative estimate of drug-likeness (QED) is 0.517. The molecule has 0 radical (unpaired) electrons. The lowest BCUT2D eigenvalue weighted by atomic mass is 10.2. The molecule has 2 heterocycles. The van der Waals surface area contributed by atoms with Crippen molar-refractivity contribution in [2.75, 3.05) is 0 Å². The van der Waals surface area contributed by atoms with Gasteiger partial charge in [-0.1, -0.05) is 29.8 Å². The molecule has 0 saturated heterocycles. The second-order valence-electron chi connectivity index (χ2n) is 5.00. The van der Waals surface area contributed by atoms with E-state index in [2.05, 4.69) is 10.1 Å². The Bertz CT molecular complexity index is 881. The Morgan fingerprint density at radius 1 is 1.22 bits per heavy atom. The van der Waals surface area contributed by atoms with E-state index in [9.17, 15) is 4.79 Å². The average molecular weight is 344 g/mol. The molecular weight excluding hydrogens is 330 g/mol. The number of carbonyl (C=O) groups excluding carboxylic acids is 1. The average Bonchev–Trinajstić information content (AvgIpc) is 3.10. The Kier molecular flexibility index (Phi) is 4.41. The van der Waals surface area contributed by atoms with Crippen LogP contribution in [0.5, 0.6) is 0 Å². The Hall–Kier alpha value is -2.24. The normalized spacial score (nSPS) is 11.3. The van der Waals surface area contributed by atoms with Gasteiger partial charge in [-0.3, -0.25) is 4.79 Å².